The van der Waals surface area contributed by atoms with E-state index in [1.165, 1.54) is 86.6 Å². The zero-order valence-electron chi connectivity index (χ0n) is 31.9. The summed E-state index contributed by atoms with van der Waals surface area (Å²) in [5.41, 5.74) is 16.2. The lowest BCUT2D eigenvalue weighted by Crippen LogP contribution is -2.15. The standard InChI is InChI=1S/C55H39NS/c1-55(2)49-20-12-11-19-47(49)51-45-17-9-10-18-46(45)54-52(53(51)55)48-35-41(27-34-50(48)57-54)40-25-32-44(33-26-40)56(42-28-21-38(22-29-42)36-13-5-3-6-14-36)43-30-23-39(24-31-43)37-15-7-4-8-16-37/h3-35H,1-2H3. The van der Waals surface area contributed by atoms with Crippen molar-refractivity contribution in [2.24, 2.45) is 0 Å². The van der Waals surface area contributed by atoms with Crippen LogP contribution in [0.1, 0.15) is 25.0 Å². The van der Waals surface area contributed by atoms with Crippen LogP contribution in [-0.4, -0.2) is 0 Å². The molecule has 0 aliphatic heterocycles. The van der Waals surface area contributed by atoms with Crippen molar-refractivity contribution in [1.82, 2.24) is 0 Å². The van der Waals surface area contributed by atoms with E-state index >= 15 is 0 Å². The summed E-state index contributed by atoms with van der Waals surface area (Å²) in [5, 5.41) is 5.46. The molecule has 9 aromatic carbocycles. The predicted octanol–water partition coefficient (Wildman–Crippen LogP) is 16.0. The van der Waals surface area contributed by atoms with Gasteiger partial charge in [0.2, 0.25) is 0 Å². The van der Waals surface area contributed by atoms with E-state index in [2.05, 4.69) is 219 Å². The van der Waals surface area contributed by atoms with Gasteiger partial charge in [-0.25, -0.2) is 0 Å². The van der Waals surface area contributed by atoms with E-state index in [1.807, 2.05) is 11.3 Å². The first-order valence-corrected chi connectivity index (χ1v) is 20.6. The molecule has 0 amide bonds. The Kier molecular flexibility index (Phi) is 7.77. The Bertz CT molecular complexity index is 3020. The summed E-state index contributed by atoms with van der Waals surface area (Å²) in [7, 11) is 0. The van der Waals surface area contributed by atoms with Gasteiger partial charge in [-0.3, -0.25) is 0 Å². The molecule has 0 saturated heterocycles. The second-order valence-corrected chi connectivity index (χ2v) is 16.7. The van der Waals surface area contributed by atoms with E-state index in [9.17, 15) is 0 Å². The van der Waals surface area contributed by atoms with Crippen molar-refractivity contribution < 1.29 is 0 Å². The molecule has 1 aromatic heterocycles. The fourth-order valence-electron chi connectivity index (χ4n) is 9.28. The molecule has 0 radical (unpaired) electrons. The summed E-state index contributed by atoms with van der Waals surface area (Å²) in [6.45, 7) is 4.82. The van der Waals surface area contributed by atoms with Crippen molar-refractivity contribution in [1.29, 1.82) is 0 Å². The molecule has 0 spiro atoms. The number of hydrogen-bond acceptors (Lipinski definition) is 2. The van der Waals surface area contributed by atoms with Gasteiger partial charge in [-0.2, -0.15) is 0 Å². The molecule has 0 saturated carbocycles. The predicted molar refractivity (Wildman–Crippen MR) is 245 cm³/mol. The topological polar surface area (TPSA) is 3.24 Å². The number of nitrogens with zero attached hydrogens (tertiary/aromatic N) is 1. The number of anilines is 3. The monoisotopic (exact) mass is 745 g/mol. The van der Waals surface area contributed by atoms with E-state index in [4.69, 9.17) is 0 Å². The SMILES string of the molecule is CC1(C)c2ccccc2-c2c1c1c3cc(-c4ccc(N(c5ccc(-c6ccccc6)cc5)c5ccc(-c6ccccc6)cc5)cc4)ccc3sc1c1ccccc21. The highest BCUT2D eigenvalue weighted by molar-refractivity contribution is 7.26. The molecule has 2 heteroatoms. The second-order valence-electron chi connectivity index (χ2n) is 15.7. The van der Waals surface area contributed by atoms with Crippen LogP contribution in [0.5, 0.6) is 0 Å². The average molecular weight is 746 g/mol. The van der Waals surface area contributed by atoms with Gasteiger partial charge in [-0.1, -0.05) is 166 Å². The summed E-state index contributed by atoms with van der Waals surface area (Å²) < 4.78 is 2.72. The first kappa shape index (κ1) is 33.6. The van der Waals surface area contributed by atoms with Crippen LogP contribution in [0.3, 0.4) is 0 Å². The van der Waals surface area contributed by atoms with Gasteiger partial charge in [0.15, 0.2) is 0 Å². The molecular weight excluding hydrogens is 707 g/mol. The molecule has 11 rings (SSSR count). The molecule has 270 valence electrons. The molecule has 1 aliphatic carbocycles. The maximum Gasteiger partial charge on any atom is 0.0462 e. The summed E-state index contributed by atoms with van der Waals surface area (Å²) in [6, 6.07) is 73.3. The van der Waals surface area contributed by atoms with E-state index in [-0.39, 0.29) is 5.41 Å². The van der Waals surface area contributed by atoms with Crippen LogP contribution in [0.15, 0.2) is 200 Å². The Hall–Kier alpha value is -6.74. The van der Waals surface area contributed by atoms with E-state index in [0.717, 1.165) is 17.1 Å². The largest absolute Gasteiger partial charge is 0.311 e. The molecule has 0 atom stereocenters. The highest BCUT2D eigenvalue weighted by Crippen LogP contribution is 2.57. The Morgan fingerprint density at radius 1 is 0.404 bits per heavy atom. The van der Waals surface area contributed by atoms with Crippen LogP contribution in [0, 0.1) is 0 Å². The zero-order chi connectivity index (χ0) is 38.1. The fourth-order valence-corrected chi connectivity index (χ4v) is 10.5. The molecular formula is C55H39NS. The van der Waals surface area contributed by atoms with Gasteiger partial charge in [0.25, 0.3) is 0 Å². The lowest BCUT2D eigenvalue weighted by atomic mass is 9.79. The molecule has 0 fully saturated rings. The average Bonchev–Trinajstić information content (AvgIpc) is 3.77. The number of fused-ring (bicyclic) bond motifs is 10. The number of rotatable bonds is 6. The van der Waals surface area contributed by atoms with Crippen LogP contribution in [0.25, 0.3) is 75.5 Å². The molecule has 1 aliphatic rings. The van der Waals surface area contributed by atoms with Gasteiger partial charge in [0, 0.05) is 48.0 Å². The Balaban J connectivity index is 1.02. The summed E-state index contributed by atoms with van der Waals surface area (Å²) >= 11 is 1.93. The fraction of sp³-hybridized carbons (Fsp3) is 0.0545. The van der Waals surface area contributed by atoms with Crippen molar-refractivity contribution in [3.63, 3.8) is 0 Å². The van der Waals surface area contributed by atoms with Gasteiger partial charge in [0.1, 0.15) is 0 Å². The number of thiophene rings is 1. The van der Waals surface area contributed by atoms with Gasteiger partial charge in [-0.15, -0.1) is 11.3 Å². The lowest BCUT2D eigenvalue weighted by Gasteiger charge is -2.26. The van der Waals surface area contributed by atoms with Gasteiger partial charge in [-0.05, 0) is 110 Å². The Labute approximate surface area is 337 Å². The normalized spacial score (nSPS) is 12.9. The van der Waals surface area contributed by atoms with Gasteiger partial charge < -0.3 is 4.90 Å². The smallest absolute Gasteiger partial charge is 0.0462 e. The third-order valence-electron chi connectivity index (χ3n) is 12.0. The van der Waals surface area contributed by atoms with Crippen molar-refractivity contribution in [2.45, 2.75) is 19.3 Å². The van der Waals surface area contributed by atoms with Crippen LogP contribution < -0.4 is 4.90 Å². The minimum atomic E-state index is -0.109. The molecule has 57 heavy (non-hydrogen) atoms. The second kappa shape index (κ2) is 13.2. The summed E-state index contributed by atoms with van der Waals surface area (Å²) in [5.74, 6) is 0. The minimum Gasteiger partial charge on any atom is -0.311 e. The maximum absolute atomic E-state index is 2.44. The maximum atomic E-state index is 2.44. The molecule has 0 N–H and O–H groups in total. The molecule has 0 unspecified atom stereocenters. The molecule has 1 nitrogen and oxygen atoms in total. The first-order chi connectivity index (χ1) is 28.0. The summed E-state index contributed by atoms with van der Waals surface area (Å²) in [4.78, 5) is 2.36. The van der Waals surface area contributed by atoms with Crippen LogP contribution >= 0.6 is 11.3 Å². The van der Waals surface area contributed by atoms with E-state index in [0.29, 0.717) is 0 Å². The Morgan fingerprint density at radius 3 is 1.44 bits per heavy atom. The van der Waals surface area contributed by atoms with E-state index in [1.54, 1.807) is 0 Å². The summed E-state index contributed by atoms with van der Waals surface area (Å²) in [6.07, 6.45) is 0. The van der Waals surface area contributed by atoms with Crippen molar-refractivity contribution >= 4 is 59.3 Å². The first-order valence-electron chi connectivity index (χ1n) is 19.8. The number of benzene rings is 9. The molecule has 10 aromatic rings. The van der Waals surface area contributed by atoms with Gasteiger partial charge >= 0.3 is 0 Å². The number of hydrogen-bond donors (Lipinski definition) is 0. The Morgan fingerprint density at radius 2 is 0.860 bits per heavy atom. The molecule has 0 bridgehead atoms. The quantitative estimate of drug-likeness (QED) is 0.164. The van der Waals surface area contributed by atoms with Gasteiger partial charge in [0.05, 0.1) is 0 Å². The molecule has 1 heterocycles. The van der Waals surface area contributed by atoms with Crippen molar-refractivity contribution in [2.75, 3.05) is 4.90 Å². The third-order valence-corrected chi connectivity index (χ3v) is 13.3. The highest BCUT2D eigenvalue weighted by Gasteiger charge is 2.39. The lowest BCUT2D eigenvalue weighted by molar-refractivity contribution is 0.667. The van der Waals surface area contributed by atoms with Crippen molar-refractivity contribution in [3.05, 3.63) is 211 Å². The van der Waals surface area contributed by atoms with Crippen LogP contribution in [-0.2, 0) is 5.41 Å². The highest BCUT2D eigenvalue weighted by atomic mass is 32.1. The minimum absolute atomic E-state index is 0.109. The third kappa shape index (κ3) is 5.44. The van der Waals surface area contributed by atoms with Crippen LogP contribution in [0.4, 0.5) is 17.1 Å². The zero-order valence-corrected chi connectivity index (χ0v) is 32.7. The van der Waals surface area contributed by atoms with E-state index < -0.39 is 0 Å². The van der Waals surface area contributed by atoms with Crippen LogP contribution in [0.2, 0.25) is 0 Å². The van der Waals surface area contributed by atoms with Crippen molar-refractivity contribution in [3.8, 4) is 44.5 Å².